The third-order valence-electron chi connectivity index (χ3n) is 4.97. The van der Waals surface area contributed by atoms with Crippen molar-refractivity contribution in [1.29, 1.82) is 0 Å². The lowest BCUT2D eigenvalue weighted by Gasteiger charge is -2.24. The summed E-state index contributed by atoms with van der Waals surface area (Å²) in [5.74, 6) is -1.53. The first kappa shape index (κ1) is 20.5. The Morgan fingerprint density at radius 2 is 1.48 bits per heavy atom. The van der Waals surface area contributed by atoms with Crippen LogP contribution < -0.4 is 5.43 Å². The maximum atomic E-state index is 13.0. The molecule has 0 unspecified atom stereocenters. The van der Waals surface area contributed by atoms with Crippen molar-refractivity contribution in [2.75, 3.05) is 0 Å². The van der Waals surface area contributed by atoms with E-state index >= 15 is 0 Å². The van der Waals surface area contributed by atoms with E-state index in [9.17, 15) is 14.4 Å². The van der Waals surface area contributed by atoms with Gasteiger partial charge in [-0.2, -0.15) is 5.10 Å². The van der Waals surface area contributed by atoms with E-state index in [0.717, 1.165) is 16.0 Å². The van der Waals surface area contributed by atoms with Crippen LogP contribution in [0.15, 0.2) is 84.0 Å². The number of benzene rings is 3. The number of imide groups is 1. The largest absolute Gasteiger partial charge is 0.271 e. The molecule has 1 aliphatic heterocycles. The lowest BCUT2D eigenvalue weighted by molar-refractivity contribution is -0.125. The van der Waals surface area contributed by atoms with Gasteiger partial charge in [0.25, 0.3) is 17.7 Å². The van der Waals surface area contributed by atoms with E-state index in [-0.39, 0.29) is 6.42 Å². The van der Waals surface area contributed by atoms with Gasteiger partial charge in [0, 0.05) is 11.4 Å². The predicted octanol–water partition coefficient (Wildman–Crippen LogP) is 3.70. The fourth-order valence-corrected chi connectivity index (χ4v) is 3.55. The van der Waals surface area contributed by atoms with Gasteiger partial charge in [-0.15, -0.1) is 0 Å². The topological polar surface area (TPSA) is 78.8 Å². The minimum absolute atomic E-state index is 0.175. The van der Waals surface area contributed by atoms with E-state index in [4.69, 9.17) is 11.6 Å². The summed E-state index contributed by atoms with van der Waals surface area (Å²) < 4.78 is 0. The van der Waals surface area contributed by atoms with E-state index in [0.29, 0.717) is 16.1 Å². The first-order valence-electron chi connectivity index (χ1n) is 9.64. The SMILES string of the molecule is O=C(N/N=C\c1ccc(Cl)cc1)[C@H](Cc1ccccc1)N1C(=O)c2ccccc2C1=O. The third-order valence-corrected chi connectivity index (χ3v) is 5.22. The van der Waals surface area contributed by atoms with E-state index < -0.39 is 23.8 Å². The summed E-state index contributed by atoms with van der Waals surface area (Å²) in [5, 5.41) is 4.58. The molecular formula is C24H18ClN3O3. The summed E-state index contributed by atoms with van der Waals surface area (Å²) in [6, 6.07) is 21.7. The molecule has 0 saturated heterocycles. The Bertz CT molecular complexity index is 1130. The summed E-state index contributed by atoms with van der Waals surface area (Å²) in [6.45, 7) is 0. The molecule has 1 N–H and O–H groups in total. The highest BCUT2D eigenvalue weighted by Gasteiger charge is 2.42. The molecule has 31 heavy (non-hydrogen) atoms. The molecule has 1 atom stereocenters. The van der Waals surface area contributed by atoms with Crippen molar-refractivity contribution in [2.45, 2.75) is 12.5 Å². The van der Waals surface area contributed by atoms with Crippen molar-refractivity contribution in [1.82, 2.24) is 10.3 Å². The normalized spacial score (nSPS) is 14.0. The third kappa shape index (κ3) is 4.39. The second-order valence-electron chi connectivity index (χ2n) is 7.02. The number of hydrogen-bond donors (Lipinski definition) is 1. The molecule has 1 heterocycles. The molecule has 1 aliphatic rings. The quantitative estimate of drug-likeness (QED) is 0.367. The van der Waals surface area contributed by atoms with Crippen LogP contribution in [0, 0.1) is 0 Å². The molecule has 154 valence electrons. The summed E-state index contributed by atoms with van der Waals surface area (Å²) in [5.41, 5.74) is 4.61. The van der Waals surface area contributed by atoms with Crippen LogP contribution in [-0.2, 0) is 11.2 Å². The Hall–Kier alpha value is -3.77. The Balaban J connectivity index is 1.59. The molecule has 3 amide bonds. The van der Waals surface area contributed by atoms with Gasteiger partial charge in [0.2, 0.25) is 0 Å². The first-order chi connectivity index (χ1) is 15.0. The number of halogens is 1. The second kappa shape index (κ2) is 8.93. The fraction of sp³-hybridized carbons (Fsp3) is 0.0833. The van der Waals surface area contributed by atoms with E-state index in [1.54, 1.807) is 48.5 Å². The molecule has 0 saturated carbocycles. The minimum Gasteiger partial charge on any atom is -0.271 e. The van der Waals surface area contributed by atoms with Gasteiger partial charge in [0.05, 0.1) is 17.3 Å². The molecule has 4 rings (SSSR count). The van der Waals surface area contributed by atoms with Crippen LogP contribution in [0.4, 0.5) is 0 Å². The van der Waals surface area contributed by atoms with Gasteiger partial charge in [0.1, 0.15) is 6.04 Å². The number of nitrogens with zero attached hydrogens (tertiary/aromatic N) is 2. The fourth-order valence-electron chi connectivity index (χ4n) is 3.42. The highest BCUT2D eigenvalue weighted by Crippen LogP contribution is 2.26. The van der Waals surface area contributed by atoms with Crippen LogP contribution in [-0.4, -0.2) is 34.9 Å². The van der Waals surface area contributed by atoms with Gasteiger partial charge in [-0.1, -0.05) is 66.2 Å². The van der Waals surface area contributed by atoms with Crippen molar-refractivity contribution in [2.24, 2.45) is 5.10 Å². The first-order valence-corrected chi connectivity index (χ1v) is 10.0. The zero-order valence-corrected chi connectivity index (χ0v) is 17.1. The van der Waals surface area contributed by atoms with Crippen molar-refractivity contribution in [3.8, 4) is 0 Å². The summed E-state index contributed by atoms with van der Waals surface area (Å²) in [4.78, 5) is 39.9. The van der Waals surface area contributed by atoms with Crippen molar-refractivity contribution in [3.05, 3.63) is 106 Å². The van der Waals surface area contributed by atoms with Crippen molar-refractivity contribution >= 4 is 35.5 Å². The number of hydrogen-bond acceptors (Lipinski definition) is 4. The van der Waals surface area contributed by atoms with Crippen molar-refractivity contribution < 1.29 is 14.4 Å². The average molecular weight is 432 g/mol. The Labute approximate surface area is 184 Å². The molecule has 0 radical (unpaired) electrons. The van der Waals surface area contributed by atoms with Gasteiger partial charge in [-0.3, -0.25) is 19.3 Å². The van der Waals surface area contributed by atoms with Gasteiger partial charge in [-0.05, 0) is 35.4 Å². The van der Waals surface area contributed by atoms with E-state index in [1.165, 1.54) is 6.21 Å². The Morgan fingerprint density at radius 1 is 0.903 bits per heavy atom. The van der Waals surface area contributed by atoms with Crippen LogP contribution in [0.2, 0.25) is 5.02 Å². The van der Waals surface area contributed by atoms with Crippen LogP contribution in [0.1, 0.15) is 31.8 Å². The second-order valence-corrected chi connectivity index (χ2v) is 7.45. The number of amides is 3. The average Bonchev–Trinajstić information content (AvgIpc) is 3.04. The van der Waals surface area contributed by atoms with Crippen LogP contribution in [0.25, 0.3) is 0 Å². The molecule has 0 bridgehead atoms. The Morgan fingerprint density at radius 3 is 2.10 bits per heavy atom. The standard InChI is InChI=1S/C24H18ClN3O3/c25-18-12-10-17(11-13-18)15-26-27-22(29)21(14-16-6-2-1-3-7-16)28-23(30)19-8-4-5-9-20(19)24(28)31/h1-13,15,21H,14H2,(H,27,29)/b26-15-/t21-/m0/s1. The number of hydrazone groups is 1. The molecule has 3 aromatic carbocycles. The molecule has 6 nitrogen and oxygen atoms in total. The highest BCUT2D eigenvalue weighted by atomic mass is 35.5. The number of carbonyl (C=O) groups excluding carboxylic acids is 3. The van der Waals surface area contributed by atoms with Gasteiger partial charge in [-0.25, -0.2) is 5.43 Å². The number of fused-ring (bicyclic) bond motifs is 1. The lowest BCUT2D eigenvalue weighted by Crippen LogP contribution is -2.49. The molecule has 0 aliphatic carbocycles. The molecule has 7 heteroatoms. The van der Waals surface area contributed by atoms with Crippen LogP contribution >= 0.6 is 11.6 Å². The summed E-state index contributed by atoms with van der Waals surface area (Å²) in [6.07, 6.45) is 1.64. The molecular weight excluding hydrogens is 414 g/mol. The van der Waals surface area contributed by atoms with Gasteiger partial charge >= 0.3 is 0 Å². The Kier molecular flexibility index (Phi) is 5.91. The number of rotatable bonds is 6. The zero-order chi connectivity index (χ0) is 21.8. The molecule has 0 spiro atoms. The maximum absolute atomic E-state index is 13.0. The number of carbonyl (C=O) groups is 3. The van der Waals surface area contributed by atoms with E-state index in [1.807, 2.05) is 30.3 Å². The summed E-state index contributed by atoms with van der Waals surface area (Å²) in [7, 11) is 0. The van der Waals surface area contributed by atoms with Gasteiger partial charge in [0.15, 0.2) is 0 Å². The maximum Gasteiger partial charge on any atom is 0.263 e. The number of nitrogens with one attached hydrogen (secondary N) is 1. The molecule has 3 aromatic rings. The highest BCUT2D eigenvalue weighted by molar-refractivity contribution is 6.30. The predicted molar refractivity (Wildman–Crippen MR) is 118 cm³/mol. The monoisotopic (exact) mass is 431 g/mol. The smallest absolute Gasteiger partial charge is 0.263 e. The van der Waals surface area contributed by atoms with E-state index in [2.05, 4.69) is 10.5 Å². The minimum atomic E-state index is -1.04. The van der Waals surface area contributed by atoms with Crippen molar-refractivity contribution in [3.63, 3.8) is 0 Å². The van der Waals surface area contributed by atoms with Gasteiger partial charge < -0.3 is 0 Å². The van der Waals surface area contributed by atoms with Crippen LogP contribution in [0.3, 0.4) is 0 Å². The van der Waals surface area contributed by atoms with Crippen LogP contribution in [0.5, 0.6) is 0 Å². The lowest BCUT2D eigenvalue weighted by atomic mass is 10.0. The molecule has 0 fully saturated rings. The molecule has 0 aromatic heterocycles. The summed E-state index contributed by atoms with van der Waals surface area (Å²) >= 11 is 5.87. The zero-order valence-electron chi connectivity index (χ0n) is 16.4.